The van der Waals surface area contributed by atoms with Gasteiger partial charge >= 0.3 is 5.97 Å². The highest BCUT2D eigenvalue weighted by Crippen LogP contribution is 2.20. The van der Waals surface area contributed by atoms with E-state index < -0.39 is 5.97 Å². The average molecular weight is 477 g/mol. The number of fused-ring (bicyclic) bond motifs is 1. The zero-order valence-electron chi connectivity index (χ0n) is 20.0. The van der Waals surface area contributed by atoms with Gasteiger partial charge in [0.1, 0.15) is 12.3 Å². The zero-order chi connectivity index (χ0) is 24.8. The zero-order valence-corrected chi connectivity index (χ0v) is 20.0. The predicted molar refractivity (Wildman–Crippen MR) is 130 cm³/mol. The van der Waals surface area contributed by atoms with Crippen LogP contribution < -0.4 is 10.3 Å². The Kier molecular flexibility index (Phi) is 7.51. The maximum Gasteiger partial charge on any atom is 0.327 e. The number of nitrogens with one attached hydrogen (secondary N) is 1. The molecule has 10 heteroatoms. The monoisotopic (exact) mass is 476 g/mol. The molecule has 0 amide bonds. The molecule has 0 fully saturated rings. The van der Waals surface area contributed by atoms with Gasteiger partial charge in [0.2, 0.25) is 0 Å². The standard InChI is InChI=1S/C25H28N6O4/c1-4-35-24(32)16-31-23(27-28-29-31)15-30(13-18-7-5-17(2)6-8-18)14-20-11-19-9-10-21(34-3)12-22(19)26-25(20)33/h5-12H,4,13-16H2,1-3H3,(H,26,33). The molecule has 10 nitrogen and oxygen atoms in total. The summed E-state index contributed by atoms with van der Waals surface area (Å²) in [6, 6.07) is 15.7. The molecule has 182 valence electrons. The highest BCUT2D eigenvalue weighted by Gasteiger charge is 2.17. The summed E-state index contributed by atoms with van der Waals surface area (Å²) in [6.45, 7) is 5.25. The lowest BCUT2D eigenvalue weighted by Crippen LogP contribution is -2.28. The molecule has 35 heavy (non-hydrogen) atoms. The average Bonchev–Trinajstić information content (AvgIpc) is 3.27. The molecule has 4 aromatic rings. The van der Waals surface area contributed by atoms with Crippen molar-refractivity contribution in [1.29, 1.82) is 0 Å². The van der Waals surface area contributed by atoms with E-state index in [1.54, 1.807) is 20.1 Å². The van der Waals surface area contributed by atoms with E-state index in [0.29, 0.717) is 42.3 Å². The number of benzene rings is 2. The molecule has 4 rings (SSSR count). The van der Waals surface area contributed by atoms with Gasteiger partial charge in [0, 0.05) is 24.7 Å². The molecule has 0 aliphatic carbocycles. The van der Waals surface area contributed by atoms with Crippen LogP contribution >= 0.6 is 0 Å². The summed E-state index contributed by atoms with van der Waals surface area (Å²) in [5.74, 6) is 0.773. The van der Waals surface area contributed by atoms with Gasteiger partial charge in [-0.2, -0.15) is 0 Å². The van der Waals surface area contributed by atoms with E-state index in [0.717, 1.165) is 10.9 Å². The molecule has 0 atom stereocenters. The number of carbonyl (C=O) groups excluding carboxylic acids is 1. The summed E-state index contributed by atoms with van der Waals surface area (Å²) >= 11 is 0. The van der Waals surface area contributed by atoms with E-state index >= 15 is 0 Å². The smallest absolute Gasteiger partial charge is 0.327 e. The van der Waals surface area contributed by atoms with Gasteiger partial charge in [-0.1, -0.05) is 29.8 Å². The first-order valence-electron chi connectivity index (χ1n) is 11.3. The van der Waals surface area contributed by atoms with E-state index in [1.807, 2.05) is 25.1 Å². The molecule has 2 aromatic carbocycles. The second-order valence-electron chi connectivity index (χ2n) is 8.27. The van der Waals surface area contributed by atoms with E-state index in [2.05, 4.69) is 49.7 Å². The number of aromatic nitrogens is 5. The van der Waals surface area contributed by atoms with Gasteiger partial charge in [0.15, 0.2) is 5.82 Å². The van der Waals surface area contributed by atoms with Crippen LogP contribution in [0.15, 0.2) is 53.3 Å². The second kappa shape index (κ2) is 10.9. The number of nitrogens with zero attached hydrogens (tertiary/aromatic N) is 5. The van der Waals surface area contributed by atoms with Crippen LogP contribution in [0.1, 0.15) is 29.4 Å². The van der Waals surface area contributed by atoms with E-state index in [4.69, 9.17) is 9.47 Å². The Labute approximate surface area is 202 Å². The minimum atomic E-state index is -0.410. The fourth-order valence-electron chi connectivity index (χ4n) is 3.82. The van der Waals surface area contributed by atoms with Crippen LogP contribution in [-0.4, -0.2) is 49.8 Å². The SMILES string of the molecule is CCOC(=O)Cn1nnnc1CN(Cc1ccc(C)cc1)Cc1cc2ccc(OC)cc2[nH]c1=O. The van der Waals surface area contributed by atoms with E-state index in [9.17, 15) is 9.59 Å². The van der Waals surface area contributed by atoms with Crippen LogP contribution in [-0.2, 0) is 35.7 Å². The minimum Gasteiger partial charge on any atom is -0.497 e. The van der Waals surface area contributed by atoms with Crippen LogP contribution in [0, 0.1) is 6.92 Å². The Morgan fingerprint density at radius 3 is 2.63 bits per heavy atom. The third-order valence-corrected chi connectivity index (χ3v) is 5.61. The summed E-state index contributed by atoms with van der Waals surface area (Å²) in [5.41, 5.74) is 3.40. The number of aromatic amines is 1. The first-order chi connectivity index (χ1) is 16.9. The van der Waals surface area contributed by atoms with Crippen LogP contribution in [0.5, 0.6) is 5.75 Å². The van der Waals surface area contributed by atoms with Crippen molar-refractivity contribution >= 4 is 16.9 Å². The molecular weight excluding hydrogens is 448 g/mol. The summed E-state index contributed by atoms with van der Waals surface area (Å²) in [5, 5.41) is 12.7. The quantitative estimate of drug-likeness (QED) is 0.347. The fraction of sp³-hybridized carbons (Fsp3) is 0.320. The number of aryl methyl sites for hydroxylation is 1. The minimum absolute atomic E-state index is 0.0765. The number of rotatable bonds is 10. The number of esters is 1. The van der Waals surface area contributed by atoms with Crippen LogP contribution in [0.3, 0.4) is 0 Å². The molecule has 0 aliphatic rings. The molecule has 0 radical (unpaired) electrons. The molecule has 0 unspecified atom stereocenters. The van der Waals surface area contributed by atoms with Crippen molar-refractivity contribution in [3.05, 3.63) is 81.4 Å². The Hall–Kier alpha value is -4.05. The van der Waals surface area contributed by atoms with Crippen molar-refractivity contribution in [1.82, 2.24) is 30.1 Å². The first-order valence-corrected chi connectivity index (χ1v) is 11.3. The Bertz CT molecular complexity index is 1360. The van der Waals surface area contributed by atoms with Crippen molar-refractivity contribution < 1.29 is 14.3 Å². The Morgan fingerprint density at radius 1 is 1.09 bits per heavy atom. The predicted octanol–water partition coefficient (Wildman–Crippen LogP) is 2.60. The van der Waals surface area contributed by atoms with Crippen LogP contribution in [0.2, 0.25) is 0 Å². The third kappa shape index (κ3) is 6.10. The van der Waals surface area contributed by atoms with Gasteiger partial charge in [0.05, 0.1) is 25.8 Å². The molecule has 0 saturated carbocycles. The lowest BCUT2D eigenvalue weighted by atomic mass is 10.1. The topological polar surface area (TPSA) is 115 Å². The van der Waals surface area contributed by atoms with Gasteiger partial charge in [-0.05, 0) is 53.4 Å². The van der Waals surface area contributed by atoms with Gasteiger partial charge < -0.3 is 14.5 Å². The number of methoxy groups -OCH3 is 1. The normalized spacial score (nSPS) is 11.2. The summed E-state index contributed by atoms with van der Waals surface area (Å²) in [7, 11) is 1.59. The van der Waals surface area contributed by atoms with Gasteiger partial charge in [-0.15, -0.1) is 5.10 Å². The van der Waals surface area contributed by atoms with Crippen molar-refractivity contribution in [3.8, 4) is 5.75 Å². The molecule has 0 saturated heterocycles. The van der Waals surface area contributed by atoms with Gasteiger partial charge in [0.25, 0.3) is 5.56 Å². The number of H-pyrrole nitrogens is 1. The Balaban J connectivity index is 1.62. The number of hydrogen-bond acceptors (Lipinski definition) is 8. The molecule has 0 spiro atoms. The first kappa shape index (κ1) is 24.1. The molecule has 2 heterocycles. The van der Waals surface area contributed by atoms with Crippen molar-refractivity contribution in [2.75, 3.05) is 13.7 Å². The number of carbonyl (C=O) groups is 1. The largest absolute Gasteiger partial charge is 0.497 e. The molecular formula is C25H28N6O4. The summed E-state index contributed by atoms with van der Waals surface area (Å²) in [4.78, 5) is 29.9. The van der Waals surface area contributed by atoms with Crippen LogP contribution in [0.25, 0.3) is 10.9 Å². The van der Waals surface area contributed by atoms with Crippen molar-refractivity contribution in [2.45, 2.75) is 40.0 Å². The molecule has 1 N–H and O–H groups in total. The third-order valence-electron chi connectivity index (χ3n) is 5.61. The highest BCUT2D eigenvalue weighted by molar-refractivity contribution is 5.80. The number of tetrazole rings is 1. The van der Waals surface area contributed by atoms with Gasteiger partial charge in [-0.25, -0.2) is 4.68 Å². The highest BCUT2D eigenvalue weighted by atomic mass is 16.5. The summed E-state index contributed by atoms with van der Waals surface area (Å²) in [6.07, 6.45) is 0. The van der Waals surface area contributed by atoms with E-state index in [1.165, 1.54) is 10.2 Å². The number of pyridine rings is 1. The molecule has 0 bridgehead atoms. The second-order valence-corrected chi connectivity index (χ2v) is 8.27. The fourth-order valence-corrected chi connectivity index (χ4v) is 3.82. The summed E-state index contributed by atoms with van der Waals surface area (Å²) < 4.78 is 11.7. The van der Waals surface area contributed by atoms with Crippen LogP contribution in [0.4, 0.5) is 0 Å². The maximum atomic E-state index is 12.9. The maximum absolute atomic E-state index is 12.9. The Morgan fingerprint density at radius 2 is 1.89 bits per heavy atom. The lowest BCUT2D eigenvalue weighted by Gasteiger charge is -2.22. The number of hydrogen-bond donors (Lipinski definition) is 1. The van der Waals surface area contributed by atoms with E-state index in [-0.39, 0.29) is 18.7 Å². The van der Waals surface area contributed by atoms with Crippen molar-refractivity contribution in [2.24, 2.45) is 0 Å². The van der Waals surface area contributed by atoms with Gasteiger partial charge in [-0.3, -0.25) is 14.5 Å². The molecule has 0 aliphatic heterocycles. The van der Waals surface area contributed by atoms with Crippen molar-refractivity contribution in [3.63, 3.8) is 0 Å². The number of ether oxygens (including phenoxy) is 2. The lowest BCUT2D eigenvalue weighted by molar-refractivity contribution is -0.144. The molecule has 2 aromatic heterocycles.